The first kappa shape index (κ1) is 8.36. The van der Waals surface area contributed by atoms with E-state index in [0.29, 0.717) is 5.41 Å². The minimum absolute atomic E-state index is 0.112. The van der Waals surface area contributed by atoms with Crippen molar-refractivity contribution in [2.24, 2.45) is 5.41 Å². The Hall–Kier alpha value is -0.240. The van der Waals surface area contributed by atoms with Crippen LogP contribution in [0.15, 0.2) is 0 Å². The summed E-state index contributed by atoms with van der Waals surface area (Å²) in [6.45, 7) is 3.64. The molecule has 1 saturated carbocycles. The molecule has 0 aromatic carbocycles. The number of carbonyl (C=O) groups is 1. The average Bonchev–Trinajstić information content (AvgIpc) is 2.61. The molecule has 1 heterocycles. The highest BCUT2D eigenvalue weighted by Crippen LogP contribution is 2.52. The van der Waals surface area contributed by atoms with Crippen LogP contribution in [0.3, 0.4) is 0 Å². The fraction of sp³-hybridized carbons (Fsp3) is 0.889. The van der Waals surface area contributed by atoms with Gasteiger partial charge >= 0.3 is 0 Å². The normalized spacial score (nSPS) is 27.7. The van der Waals surface area contributed by atoms with Gasteiger partial charge in [0.25, 0.3) is 0 Å². The Morgan fingerprint density at radius 2 is 2.17 bits per heavy atom. The summed E-state index contributed by atoms with van der Waals surface area (Å²) >= 11 is 5.73. The average molecular weight is 188 g/mol. The molecule has 1 aliphatic heterocycles. The van der Waals surface area contributed by atoms with E-state index in [2.05, 4.69) is 0 Å². The van der Waals surface area contributed by atoms with Crippen molar-refractivity contribution in [3.8, 4) is 0 Å². The maximum absolute atomic E-state index is 11.5. The third-order valence-electron chi connectivity index (χ3n) is 3.05. The number of alkyl halides is 1. The van der Waals surface area contributed by atoms with Crippen LogP contribution in [0.4, 0.5) is 0 Å². The summed E-state index contributed by atoms with van der Waals surface area (Å²) in [6, 6.07) is 0. The number of likely N-dealkylation sites (tertiary alicyclic amines) is 1. The van der Waals surface area contributed by atoms with Gasteiger partial charge in [-0.25, -0.2) is 0 Å². The molecule has 12 heavy (non-hydrogen) atoms. The van der Waals surface area contributed by atoms with E-state index in [1.165, 1.54) is 19.3 Å². The van der Waals surface area contributed by atoms with Gasteiger partial charge in [-0.05, 0) is 31.6 Å². The lowest BCUT2D eigenvalue weighted by atomic mass is 10.1. The Morgan fingerprint density at radius 3 is 2.58 bits per heavy atom. The minimum atomic E-state index is -0.348. The van der Waals surface area contributed by atoms with E-state index in [-0.39, 0.29) is 11.3 Å². The number of halogens is 1. The number of nitrogens with zero attached hydrogens (tertiary/aromatic N) is 1. The van der Waals surface area contributed by atoms with Crippen LogP contribution in [0.1, 0.15) is 26.2 Å². The maximum Gasteiger partial charge on any atom is 0.240 e. The molecular formula is C9H14ClNO. The quantitative estimate of drug-likeness (QED) is 0.572. The van der Waals surface area contributed by atoms with Crippen LogP contribution in [0.2, 0.25) is 0 Å². The lowest BCUT2D eigenvalue weighted by molar-refractivity contribution is -0.129. The summed E-state index contributed by atoms with van der Waals surface area (Å²) in [4.78, 5) is 13.4. The number of hydrogen-bond acceptors (Lipinski definition) is 1. The second-order valence-corrected chi connectivity index (χ2v) is 4.78. The van der Waals surface area contributed by atoms with Crippen molar-refractivity contribution < 1.29 is 4.79 Å². The fourth-order valence-corrected chi connectivity index (χ4v) is 2.10. The largest absolute Gasteiger partial charge is 0.341 e. The molecule has 2 aliphatic rings. The number of rotatable bonds is 1. The first-order valence-electron chi connectivity index (χ1n) is 4.56. The molecule has 1 unspecified atom stereocenters. The van der Waals surface area contributed by atoms with E-state index in [1.54, 1.807) is 6.92 Å². The predicted molar refractivity (Wildman–Crippen MR) is 48.2 cm³/mol. The molecule has 3 heteroatoms. The van der Waals surface area contributed by atoms with Crippen LogP contribution in [0.5, 0.6) is 0 Å². The third-order valence-corrected chi connectivity index (χ3v) is 3.23. The minimum Gasteiger partial charge on any atom is -0.341 e. The summed E-state index contributed by atoms with van der Waals surface area (Å²) in [7, 11) is 0. The molecule has 1 atom stereocenters. The molecule has 68 valence electrons. The molecule has 0 aromatic heterocycles. The molecule has 2 rings (SSSR count). The van der Waals surface area contributed by atoms with Gasteiger partial charge in [-0.15, -0.1) is 11.6 Å². The molecule has 2 fully saturated rings. The summed E-state index contributed by atoms with van der Waals surface area (Å²) in [5.41, 5.74) is 0.529. The SMILES string of the molecule is CC(Cl)C(=O)N1CCC2(CC2)C1. The summed E-state index contributed by atoms with van der Waals surface area (Å²) in [5, 5.41) is -0.348. The molecule has 1 spiro atoms. The van der Waals surface area contributed by atoms with Gasteiger partial charge in [0.15, 0.2) is 0 Å². The number of amides is 1. The molecule has 1 aliphatic carbocycles. The first-order valence-corrected chi connectivity index (χ1v) is 5.00. The summed E-state index contributed by atoms with van der Waals surface area (Å²) in [5.74, 6) is 0.112. The van der Waals surface area contributed by atoms with Crippen molar-refractivity contribution in [2.75, 3.05) is 13.1 Å². The van der Waals surface area contributed by atoms with Crippen molar-refractivity contribution in [3.63, 3.8) is 0 Å². The molecule has 1 amide bonds. The third kappa shape index (κ3) is 1.33. The second kappa shape index (κ2) is 2.63. The zero-order valence-electron chi connectivity index (χ0n) is 7.35. The van der Waals surface area contributed by atoms with Crippen molar-refractivity contribution >= 4 is 17.5 Å². The van der Waals surface area contributed by atoms with E-state index in [1.807, 2.05) is 4.90 Å². The van der Waals surface area contributed by atoms with E-state index in [0.717, 1.165) is 13.1 Å². The van der Waals surface area contributed by atoms with Gasteiger partial charge in [0.1, 0.15) is 5.38 Å². The second-order valence-electron chi connectivity index (χ2n) is 4.13. The Labute approximate surface area is 77.9 Å². The van der Waals surface area contributed by atoms with Crippen LogP contribution in [0, 0.1) is 5.41 Å². The van der Waals surface area contributed by atoms with Crippen molar-refractivity contribution in [1.82, 2.24) is 4.90 Å². The van der Waals surface area contributed by atoms with E-state index in [9.17, 15) is 4.79 Å². The molecule has 1 saturated heterocycles. The summed E-state index contributed by atoms with van der Waals surface area (Å²) in [6.07, 6.45) is 3.82. The molecule has 0 aromatic rings. The van der Waals surface area contributed by atoms with Crippen LogP contribution < -0.4 is 0 Å². The highest BCUT2D eigenvalue weighted by Gasteiger charge is 2.48. The van der Waals surface area contributed by atoms with Gasteiger partial charge in [0.05, 0.1) is 0 Å². The van der Waals surface area contributed by atoms with Gasteiger partial charge < -0.3 is 4.90 Å². The monoisotopic (exact) mass is 187 g/mol. The topological polar surface area (TPSA) is 20.3 Å². The van der Waals surface area contributed by atoms with Gasteiger partial charge in [0, 0.05) is 13.1 Å². The lowest BCUT2D eigenvalue weighted by Crippen LogP contribution is -2.33. The predicted octanol–water partition coefficient (Wildman–Crippen LogP) is 1.63. The summed E-state index contributed by atoms with van der Waals surface area (Å²) < 4.78 is 0. The molecular weight excluding hydrogens is 174 g/mol. The first-order chi connectivity index (χ1) is 5.63. The Morgan fingerprint density at radius 1 is 1.50 bits per heavy atom. The Balaban J connectivity index is 1.94. The van der Waals surface area contributed by atoms with E-state index in [4.69, 9.17) is 11.6 Å². The van der Waals surface area contributed by atoms with Gasteiger partial charge in [0.2, 0.25) is 5.91 Å². The highest BCUT2D eigenvalue weighted by atomic mass is 35.5. The zero-order valence-corrected chi connectivity index (χ0v) is 8.10. The van der Waals surface area contributed by atoms with Crippen LogP contribution in [-0.4, -0.2) is 29.3 Å². The number of carbonyl (C=O) groups excluding carboxylic acids is 1. The van der Waals surface area contributed by atoms with Gasteiger partial charge in [-0.2, -0.15) is 0 Å². The van der Waals surface area contributed by atoms with Crippen molar-refractivity contribution in [1.29, 1.82) is 0 Å². The molecule has 0 radical (unpaired) electrons. The number of hydrogen-bond donors (Lipinski definition) is 0. The molecule has 2 nitrogen and oxygen atoms in total. The Kier molecular flexibility index (Phi) is 1.83. The van der Waals surface area contributed by atoms with Crippen molar-refractivity contribution in [2.45, 2.75) is 31.6 Å². The maximum atomic E-state index is 11.5. The standard InChI is InChI=1S/C9H14ClNO/c1-7(10)8(12)11-5-4-9(6-11)2-3-9/h7H,2-6H2,1H3. The fourth-order valence-electron chi connectivity index (χ4n) is 1.96. The van der Waals surface area contributed by atoms with E-state index < -0.39 is 0 Å². The van der Waals surface area contributed by atoms with Crippen LogP contribution >= 0.6 is 11.6 Å². The molecule has 0 bridgehead atoms. The smallest absolute Gasteiger partial charge is 0.240 e. The van der Waals surface area contributed by atoms with Gasteiger partial charge in [-0.3, -0.25) is 4.79 Å². The Bertz CT molecular complexity index is 211. The highest BCUT2D eigenvalue weighted by molar-refractivity contribution is 6.30. The van der Waals surface area contributed by atoms with Crippen molar-refractivity contribution in [3.05, 3.63) is 0 Å². The van der Waals surface area contributed by atoms with Crippen LogP contribution in [0.25, 0.3) is 0 Å². The van der Waals surface area contributed by atoms with Crippen LogP contribution in [-0.2, 0) is 4.79 Å². The lowest BCUT2D eigenvalue weighted by Gasteiger charge is -2.17. The zero-order chi connectivity index (χ0) is 8.77. The molecule has 0 N–H and O–H groups in total. The van der Waals surface area contributed by atoms with Gasteiger partial charge in [-0.1, -0.05) is 0 Å². The van der Waals surface area contributed by atoms with E-state index >= 15 is 0 Å².